The van der Waals surface area contributed by atoms with E-state index in [-0.39, 0.29) is 30.3 Å². The van der Waals surface area contributed by atoms with Crippen LogP contribution in [0.25, 0.3) is 0 Å². The minimum Gasteiger partial charge on any atom is -0.497 e. The second kappa shape index (κ2) is 12.8. The zero-order chi connectivity index (χ0) is 28.1. The SMILES string of the molecule is COc1ccc(C2=NN(C(=O)CN(CCN3CCOCC3)C(=O)C3CCC3)[C@H](c3ccc(C)cc3)C2)c(OC)c1. The van der Waals surface area contributed by atoms with Crippen molar-refractivity contribution in [3.05, 3.63) is 59.2 Å². The van der Waals surface area contributed by atoms with Crippen molar-refractivity contribution in [2.45, 2.75) is 38.6 Å². The molecule has 0 N–H and O–H groups in total. The highest BCUT2D eigenvalue weighted by molar-refractivity contribution is 6.05. The first-order valence-corrected chi connectivity index (χ1v) is 14.2. The van der Waals surface area contributed by atoms with Crippen molar-refractivity contribution in [1.29, 1.82) is 0 Å². The van der Waals surface area contributed by atoms with E-state index in [4.69, 9.17) is 19.3 Å². The topological polar surface area (TPSA) is 83.9 Å². The lowest BCUT2D eigenvalue weighted by Gasteiger charge is -2.34. The van der Waals surface area contributed by atoms with Crippen LogP contribution in [0.2, 0.25) is 0 Å². The lowest BCUT2D eigenvalue weighted by atomic mass is 9.84. The van der Waals surface area contributed by atoms with Gasteiger partial charge in [-0.3, -0.25) is 14.5 Å². The van der Waals surface area contributed by atoms with Crippen LogP contribution in [0.3, 0.4) is 0 Å². The van der Waals surface area contributed by atoms with Crippen LogP contribution in [0.5, 0.6) is 11.5 Å². The van der Waals surface area contributed by atoms with Crippen LogP contribution in [-0.2, 0) is 14.3 Å². The van der Waals surface area contributed by atoms with Crippen LogP contribution >= 0.6 is 0 Å². The number of hydrogen-bond donors (Lipinski definition) is 0. The van der Waals surface area contributed by atoms with Crippen LogP contribution in [0, 0.1) is 12.8 Å². The van der Waals surface area contributed by atoms with E-state index in [1.54, 1.807) is 24.1 Å². The van der Waals surface area contributed by atoms with Gasteiger partial charge in [-0.05, 0) is 37.5 Å². The van der Waals surface area contributed by atoms with Crippen molar-refractivity contribution >= 4 is 17.5 Å². The molecule has 40 heavy (non-hydrogen) atoms. The van der Waals surface area contributed by atoms with Gasteiger partial charge in [-0.2, -0.15) is 5.10 Å². The van der Waals surface area contributed by atoms with Gasteiger partial charge in [0.2, 0.25) is 5.91 Å². The molecule has 3 aliphatic rings. The Morgan fingerprint density at radius 1 is 1.05 bits per heavy atom. The summed E-state index contributed by atoms with van der Waals surface area (Å²) in [5, 5.41) is 6.44. The summed E-state index contributed by atoms with van der Waals surface area (Å²) in [5.41, 5.74) is 3.75. The highest BCUT2D eigenvalue weighted by Crippen LogP contribution is 2.36. The third-order valence-corrected chi connectivity index (χ3v) is 8.23. The van der Waals surface area contributed by atoms with E-state index < -0.39 is 0 Å². The molecule has 1 aliphatic carbocycles. The van der Waals surface area contributed by atoms with Crippen molar-refractivity contribution < 1.29 is 23.8 Å². The summed E-state index contributed by atoms with van der Waals surface area (Å²) < 4.78 is 16.5. The molecule has 1 saturated heterocycles. The molecule has 0 aromatic heterocycles. The van der Waals surface area contributed by atoms with Gasteiger partial charge in [0, 0.05) is 50.1 Å². The maximum Gasteiger partial charge on any atom is 0.262 e. The fourth-order valence-corrected chi connectivity index (χ4v) is 5.49. The number of benzene rings is 2. The zero-order valence-electron chi connectivity index (χ0n) is 23.8. The van der Waals surface area contributed by atoms with Gasteiger partial charge in [0.15, 0.2) is 0 Å². The van der Waals surface area contributed by atoms with Crippen molar-refractivity contribution in [2.24, 2.45) is 11.0 Å². The first-order chi connectivity index (χ1) is 19.5. The molecule has 9 heteroatoms. The molecule has 2 amide bonds. The second-order valence-electron chi connectivity index (χ2n) is 10.8. The Hall–Kier alpha value is -3.43. The summed E-state index contributed by atoms with van der Waals surface area (Å²) in [5.74, 6) is 1.25. The van der Waals surface area contributed by atoms with E-state index in [0.717, 1.165) is 61.3 Å². The summed E-state index contributed by atoms with van der Waals surface area (Å²) in [6, 6.07) is 13.6. The van der Waals surface area contributed by atoms with E-state index in [1.165, 1.54) is 0 Å². The van der Waals surface area contributed by atoms with Gasteiger partial charge in [-0.15, -0.1) is 0 Å². The molecule has 2 heterocycles. The van der Waals surface area contributed by atoms with Crippen LogP contribution in [0.4, 0.5) is 0 Å². The first-order valence-electron chi connectivity index (χ1n) is 14.2. The number of carbonyl (C=O) groups excluding carboxylic acids is 2. The minimum atomic E-state index is -0.269. The summed E-state index contributed by atoms with van der Waals surface area (Å²) in [6.45, 7) is 6.40. The number of methoxy groups -OCH3 is 2. The molecule has 1 atom stereocenters. The minimum absolute atomic E-state index is 0.0125. The van der Waals surface area contributed by atoms with E-state index in [2.05, 4.69) is 29.2 Å². The molecule has 0 bridgehead atoms. The molecule has 9 nitrogen and oxygen atoms in total. The molecule has 0 unspecified atom stereocenters. The number of ether oxygens (including phenoxy) is 3. The molecule has 5 rings (SSSR count). The monoisotopic (exact) mass is 548 g/mol. The zero-order valence-corrected chi connectivity index (χ0v) is 23.8. The summed E-state index contributed by atoms with van der Waals surface area (Å²) in [6.07, 6.45) is 3.41. The Balaban J connectivity index is 1.40. The van der Waals surface area contributed by atoms with Gasteiger partial charge >= 0.3 is 0 Å². The van der Waals surface area contributed by atoms with Crippen molar-refractivity contribution in [3.8, 4) is 11.5 Å². The molecule has 0 radical (unpaired) electrons. The normalized spacial score (nSPS) is 19.6. The molecular weight excluding hydrogens is 508 g/mol. The Morgan fingerprint density at radius 3 is 2.45 bits per heavy atom. The van der Waals surface area contributed by atoms with Crippen LogP contribution in [-0.4, -0.2) is 92.5 Å². The maximum absolute atomic E-state index is 14.0. The molecule has 2 fully saturated rings. The van der Waals surface area contributed by atoms with E-state index in [9.17, 15) is 9.59 Å². The van der Waals surface area contributed by atoms with Crippen LogP contribution in [0.1, 0.15) is 48.4 Å². The van der Waals surface area contributed by atoms with Gasteiger partial charge in [0.05, 0.1) is 39.2 Å². The van der Waals surface area contributed by atoms with Gasteiger partial charge in [0.1, 0.15) is 18.0 Å². The quantitative estimate of drug-likeness (QED) is 0.451. The third kappa shape index (κ3) is 6.31. The number of rotatable bonds is 10. The summed E-state index contributed by atoms with van der Waals surface area (Å²) in [7, 11) is 3.23. The summed E-state index contributed by atoms with van der Waals surface area (Å²) >= 11 is 0. The average Bonchev–Trinajstić information content (AvgIpc) is 3.40. The molecular formula is C31H40N4O5. The number of hydrogen-bond acceptors (Lipinski definition) is 7. The number of amides is 2. The molecule has 2 aromatic rings. The lowest BCUT2D eigenvalue weighted by molar-refractivity contribution is -0.145. The molecule has 2 aliphatic heterocycles. The highest BCUT2D eigenvalue weighted by atomic mass is 16.5. The maximum atomic E-state index is 14.0. The van der Waals surface area contributed by atoms with E-state index in [1.807, 2.05) is 25.1 Å². The van der Waals surface area contributed by atoms with Crippen molar-refractivity contribution in [1.82, 2.24) is 14.8 Å². The van der Waals surface area contributed by atoms with Crippen molar-refractivity contribution in [3.63, 3.8) is 0 Å². The Labute approximate surface area is 236 Å². The Bertz CT molecular complexity index is 1220. The number of hydrazone groups is 1. The number of carbonyl (C=O) groups is 2. The van der Waals surface area contributed by atoms with E-state index in [0.29, 0.717) is 37.7 Å². The smallest absolute Gasteiger partial charge is 0.262 e. The molecule has 1 saturated carbocycles. The fraction of sp³-hybridized carbons (Fsp3) is 0.516. The summed E-state index contributed by atoms with van der Waals surface area (Å²) in [4.78, 5) is 31.4. The molecule has 214 valence electrons. The highest BCUT2D eigenvalue weighted by Gasteiger charge is 2.37. The third-order valence-electron chi connectivity index (χ3n) is 8.23. The Morgan fingerprint density at radius 2 is 1.80 bits per heavy atom. The molecule has 2 aromatic carbocycles. The largest absolute Gasteiger partial charge is 0.497 e. The first kappa shape index (κ1) is 28.1. The average molecular weight is 549 g/mol. The van der Waals surface area contributed by atoms with E-state index >= 15 is 0 Å². The van der Waals surface area contributed by atoms with Gasteiger partial charge in [-0.1, -0.05) is 36.2 Å². The Kier molecular flexibility index (Phi) is 9.01. The number of morpholine rings is 1. The van der Waals surface area contributed by atoms with Gasteiger partial charge in [-0.25, -0.2) is 5.01 Å². The number of aryl methyl sites for hydroxylation is 1. The van der Waals surface area contributed by atoms with Crippen molar-refractivity contribution in [2.75, 3.05) is 60.2 Å². The second-order valence-corrected chi connectivity index (χ2v) is 10.8. The lowest BCUT2D eigenvalue weighted by Crippen LogP contribution is -2.49. The predicted octanol–water partition coefficient (Wildman–Crippen LogP) is 3.65. The van der Waals surface area contributed by atoms with Crippen LogP contribution in [0.15, 0.2) is 47.6 Å². The fourth-order valence-electron chi connectivity index (χ4n) is 5.49. The van der Waals surface area contributed by atoms with Gasteiger partial charge in [0.25, 0.3) is 5.91 Å². The van der Waals surface area contributed by atoms with Gasteiger partial charge < -0.3 is 19.1 Å². The number of nitrogens with zero attached hydrogens (tertiary/aromatic N) is 4. The molecule has 0 spiro atoms. The standard InChI is InChI=1S/C31H40N4O5/c1-22-7-9-23(10-8-22)28-20-27(26-12-11-25(38-2)19-29(26)39-3)32-35(28)30(36)21-34(31(37)24-5-4-6-24)14-13-33-15-17-40-18-16-33/h7-12,19,24,28H,4-6,13-18,20-21H2,1-3H3/t28-/m0/s1. The predicted molar refractivity (Wildman–Crippen MR) is 153 cm³/mol. The van der Waals surface area contributed by atoms with Crippen LogP contribution < -0.4 is 9.47 Å².